The number of hydrogen-bond donors (Lipinski definition) is 2. The zero-order chi connectivity index (χ0) is 16.4. The van der Waals surface area contributed by atoms with Gasteiger partial charge >= 0.3 is 0 Å². The summed E-state index contributed by atoms with van der Waals surface area (Å²) in [6, 6.07) is 1.21. The zero-order valence-electron chi connectivity index (χ0n) is 14.2. The molecule has 1 amide bonds. The van der Waals surface area contributed by atoms with Crippen LogP contribution in [0.25, 0.3) is 0 Å². The van der Waals surface area contributed by atoms with Crippen molar-refractivity contribution < 1.29 is 9.53 Å². The van der Waals surface area contributed by atoms with Gasteiger partial charge in [-0.3, -0.25) is 4.79 Å². The molecule has 0 saturated carbocycles. The lowest BCUT2D eigenvalue weighted by molar-refractivity contribution is -0.118. The Balaban J connectivity index is 3.11. The maximum atomic E-state index is 12.1. The Morgan fingerprint density at radius 2 is 1.95 bits per heavy atom. The Kier molecular flexibility index (Phi) is 5.17. The highest BCUT2D eigenvalue weighted by molar-refractivity contribution is 5.94. The number of nitrogens with zero attached hydrogens (tertiary/aromatic N) is 2. The Hall–Kier alpha value is -1.40. The van der Waals surface area contributed by atoms with Gasteiger partial charge in [-0.1, -0.05) is 20.8 Å². The smallest absolute Gasteiger partial charge is 0.244 e. The van der Waals surface area contributed by atoms with Gasteiger partial charge in [0.25, 0.3) is 0 Å². The number of anilines is 1. The molecule has 1 aromatic heterocycles. The topological polar surface area (TPSA) is 82.2 Å². The van der Waals surface area contributed by atoms with E-state index in [1.54, 1.807) is 0 Å². The number of ether oxygens (including phenoxy) is 1. The van der Waals surface area contributed by atoms with Gasteiger partial charge in [-0.2, -0.15) is 5.10 Å². The number of nitrogens with two attached hydrogens (primary N) is 1. The fourth-order valence-corrected chi connectivity index (χ4v) is 1.82. The quantitative estimate of drug-likeness (QED) is 0.888. The lowest BCUT2D eigenvalue weighted by atomic mass is 9.92. The molecule has 1 aromatic rings. The Labute approximate surface area is 127 Å². The van der Waals surface area contributed by atoms with Gasteiger partial charge in [0.1, 0.15) is 11.9 Å². The van der Waals surface area contributed by atoms with Crippen molar-refractivity contribution in [1.29, 1.82) is 0 Å². The number of nitrogens with one attached hydrogen (secondary N) is 1. The summed E-state index contributed by atoms with van der Waals surface area (Å²) in [4.78, 5) is 12.1. The first-order chi connectivity index (χ1) is 9.46. The molecule has 1 heterocycles. The molecule has 0 aromatic carbocycles. The minimum absolute atomic E-state index is 0.0926. The predicted octanol–water partition coefficient (Wildman–Crippen LogP) is 1.85. The number of amides is 1. The average Bonchev–Trinajstić information content (AvgIpc) is 2.72. The maximum absolute atomic E-state index is 12.1. The van der Waals surface area contributed by atoms with Crippen LogP contribution in [0.1, 0.15) is 47.2 Å². The minimum atomic E-state index is -0.698. The van der Waals surface area contributed by atoms with Crippen molar-refractivity contribution in [3.05, 3.63) is 11.8 Å². The van der Waals surface area contributed by atoms with E-state index in [0.29, 0.717) is 5.82 Å². The summed E-state index contributed by atoms with van der Waals surface area (Å²) in [7, 11) is 1.52. The van der Waals surface area contributed by atoms with Gasteiger partial charge in [-0.05, 0) is 20.8 Å². The number of rotatable bonds is 4. The molecule has 0 bridgehead atoms. The van der Waals surface area contributed by atoms with E-state index >= 15 is 0 Å². The summed E-state index contributed by atoms with van der Waals surface area (Å²) < 4.78 is 6.74. The summed E-state index contributed by atoms with van der Waals surface area (Å²) in [5.41, 5.74) is 6.35. The van der Waals surface area contributed by atoms with Crippen molar-refractivity contribution >= 4 is 11.7 Å². The first-order valence-corrected chi connectivity index (χ1v) is 7.13. The van der Waals surface area contributed by atoms with E-state index in [-0.39, 0.29) is 23.5 Å². The van der Waals surface area contributed by atoms with Gasteiger partial charge in [0, 0.05) is 18.6 Å². The van der Waals surface area contributed by atoms with E-state index in [9.17, 15) is 4.79 Å². The number of aromatic nitrogens is 2. The van der Waals surface area contributed by atoms with Gasteiger partial charge in [-0.15, -0.1) is 0 Å². The monoisotopic (exact) mass is 296 g/mol. The predicted molar refractivity (Wildman–Crippen MR) is 84.4 cm³/mol. The zero-order valence-corrected chi connectivity index (χ0v) is 14.2. The van der Waals surface area contributed by atoms with Gasteiger partial charge in [0.2, 0.25) is 5.91 Å². The molecule has 0 spiro atoms. The lowest BCUT2D eigenvalue weighted by Crippen LogP contribution is -2.40. The van der Waals surface area contributed by atoms with E-state index in [4.69, 9.17) is 10.5 Å². The first-order valence-electron chi connectivity index (χ1n) is 7.13. The molecule has 3 N–H and O–H groups in total. The minimum Gasteiger partial charge on any atom is -0.383 e. The Bertz CT molecular complexity index is 495. The van der Waals surface area contributed by atoms with Crippen molar-refractivity contribution in [2.45, 2.75) is 58.5 Å². The summed E-state index contributed by atoms with van der Waals surface area (Å²) in [5, 5.41) is 7.49. The second-order valence-corrected chi connectivity index (χ2v) is 7.30. The fraction of sp³-hybridized carbons (Fsp3) is 0.733. The Morgan fingerprint density at radius 1 is 1.38 bits per heavy atom. The van der Waals surface area contributed by atoms with E-state index < -0.39 is 6.04 Å². The van der Waals surface area contributed by atoms with Gasteiger partial charge in [0.05, 0.1) is 17.8 Å². The fourth-order valence-electron chi connectivity index (χ4n) is 1.82. The van der Waals surface area contributed by atoms with Crippen molar-refractivity contribution in [3.63, 3.8) is 0 Å². The molecule has 120 valence electrons. The van der Waals surface area contributed by atoms with Crippen LogP contribution in [-0.2, 0) is 20.5 Å². The SMILES string of the molecule is COCC(N)C(=O)Nc1cc(C(C)(C)C)nn1C(C)(C)C. The van der Waals surface area contributed by atoms with Crippen molar-refractivity contribution in [1.82, 2.24) is 9.78 Å². The molecular formula is C15H28N4O2. The number of methoxy groups -OCH3 is 1. The molecule has 1 unspecified atom stereocenters. The van der Waals surface area contributed by atoms with Crippen LogP contribution in [0.4, 0.5) is 5.82 Å². The normalized spacial score (nSPS) is 14.1. The molecule has 21 heavy (non-hydrogen) atoms. The van der Waals surface area contributed by atoms with Crippen molar-refractivity contribution in [3.8, 4) is 0 Å². The summed E-state index contributed by atoms with van der Waals surface area (Å²) >= 11 is 0. The molecule has 0 aliphatic rings. The third-order valence-corrected chi connectivity index (χ3v) is 3.05. The largest absolute Gasteiger partial charge is 0.383 e. The van der Waals surface area contributed by atoms with Crippen LogP contribution in [0.3, 0.4) is 0 Å². The molecule has 1 atom stereocenters. The third kappa shape index (κ3) is 4.54. The van der Waals surface area contributed by atoms with Gasteiger partial charge < -0.3 is 15.8 Å². The van der Waals surface area contributed by atoms with E-state index in [2.05, 4.69) is 31.2 Å². The van der Waals surface area contributed by atoms with Crippen LogP contribution < -0.4 is 11.1 Å². The molecule has 0 fully saturated rings. The number of carbonyl (C=O) groups is 1. The second kappa shape index (κ2) is 6.15. The van der Waals surface area contributed by atoms with Gasteiger partial charge in [0.15, 0.2) is 0 Å². The molecule has 6 nitrogen and oxygen atoms in total. The molecule has 0 radical (unpaired) electrons. The van der Waals surface area contributed by atoms with Crippen LogP contribution in [-0.4, -0.2) is 35.4 Å². The summed E-state index contributed by atoms with van der Waals surface area (Å²) in [6.45, 7) is 12.6. The molecule has 0 aliphatic heterocycles. The average molecular weight is 296 g/mol. The first kappa shape index (κ1) is 17.7. The molecule has 0 saturated heterocycles. The molecule has 1 rings (SSSR count). The van der Waals surface area contributed by atoms with E-state index in [0.717, 1.165) is 5.69 Å². The maximum Gasteiger partial charge on any atom is 0.244 e. The van der Waals surface area contributed by atoms with Gasteiger partial charge in [-0.25, -0.2) is 4.68 Å². The highest BCUT2D eigenvalue weighted by Crippen LogP contribution is 2.28. The standard InChI is InChI=1S/C15H28N4O2/c1-14(2,3)11-8-12(19(18-11)15(4,5)6)17-13(20)10(16)9-21-7/h8,10H,9,16H2,1-7H3,(H,17,20). The van der Waals surface area contributed by atoms with E-state index in [1.165, 1.54) is 7.11 Å². The third-order valence-electron chi connectivity index (χ3n) is 3.05. The Morgan fingerprint density at radius 3 is 2.38 bits per heavy atom. The highest BCUT2D eigenvalue weighted by atomic mass is 16.5. The summed E-state index contributed by atoms with van der Waals surface area (Å²) in [5.74, 6) is 0.381. The molecule has 6 heteroatoms. The number of hydrogen-bond acceptors (Lipinski definition) is 4. The van der Waals surface area contributed by atoms with Crippen LogP contribution >= 0.6 is 0 Å². The second-order valence-electron chi connectivity index (χ2n) is 7.30. The highest BCUT2D eigenvalue weighted by Gasteiger charge is 2.26. The van der Waals surface area contributed by atoms with Crippen LogP contribution in [0.2, 0.25) is 0 Å². The van der Waals surface area contributed by atoms with Crippen molar-refractivity contribution in [2.24, 2.45) is 5.73 Å². The van der Waals surface area contributed by atoms with Crippen LogP contribution in [0.15, 0.2) is 6.07 Å². The van der Waals surface area contributed by atoms with Crippen LogP contribution in [0, 0.1) is 0 Å². The van der Waals surface area contributed by atoms with Crippen molar-refractivity contribution in [2.75, 3.05) is 19.0 Å². The van der Waals surface area contributed by atoms with Crippen LogP contribution in [0.5, 0.6) is 0 Å². The lowest BCUT2D eigenvalue weighted by Gasteiger charge is -2.23. The van der Waals surface area contributed by atoms with E-state index in [1.807, 2.05) is 31.5 Å². The molecule has 0 aliphatic carbocycles. The summed E-state index contributed by atoms with van der Waals surface area (Å²) in [6.07, 6.45) is 0. The number of carbonyl (C=O) groups excluding carboxylic acids is 1. The molecular weight excluding hydrogens is 268 g/mol.